The molecule has 1 aliphatic rings. The second-order valence-electron chi connectivity index (χ2n) is 6.69. The van der Waals surface area contributed by atoms with E-state index in [1.54, 1.807) is 29.4 Å². The predicted molar refractivity (Wildman–Crippen MR) is 111 cm³/mol. The van der Waals surface area contributed by atoms with Crippen LogP contribution in [0.5, 0.6) is 0 Å². The van der Waals surface area contributed by atoms with Crippen molar-refractivity contribution in [1.29, 1.82) is 0 Å². The Morgan fingerprint density at radius 2 is 2.14 bits per heavy atom. The van der Waals surface area contributed by atoms with Gasteiger partial charge < -0.3 is 20.3 Å². The molecule has 3 aromatic heterocycles. The van der Waals surface area contributed by atoms with Crippen LogP contribution in [0, 0.1) is 0 Å². The summed E-state index contributed by atoms with van der Waals surface area (Å²) in [5.41, 5.74) is -0.0939. The van der Waals surface area contributed by atoms with Gasteiger partial charge in [0.2, 0.25) is 0 Å². The van der Waals surface area contributed by atoms with Crippen LogP contribution in [-0.2, 0) is 6.54 Å². The monoisotopic (exact) mass is 382 g/mol. The van der Waals surface area contributed by atoms with Crippen LogP contribution in [-0.4, -0.2) is 36.8 Å². The van der Waals surface area contributed by atoms with E-state index in [4.69, 9.17) is 0 Å². The van der Waals surface area contributed by atoms with Crippen LogP contribution in [0.2, 0.25) is 0 Å². The molecule has 28 heavy (non-hydrogen) atoms. The number of aliphatic hydroxyl groups excluding tert-OH is 1. The molecule has 1 aliphatic carbocycles. The Bertz CT molecular complexity index is 1000. The Hall–Kier alpha value is -3.00. The molecule has 0 radical (unpaired) electrons. The molecule has 3 N–H and O–H groups in total. The highest BCUT2D eigenvalue weighted by atomic mass is 16.3. The zero-order valence-corrected chi connectivity index (χ0v) is 15.1. The third-order valence-corrected chi connectivity index (χ3v) is 4.92. The van der Waals surface area contributed by atoms with Gasteiger partial charge in [0.1, 0.15) is 17.5 Å². The molecular formula is C20H26N6O2. The van der Waals surface area contributed by atoms with Gasteiger partial charge in [-0.1, -0.05) is 7.43 Å². The van der Waals surface area contributed by atoms with E-state index in [9.17, 15) is 9.90 Å². The highest BCUT2D eigenvalue weighted by molar-refractivity contribution is 5.93. The molecule has 0 amide bonds. The highest BCUT2D eigenvalue weighted by Crippen LogP contribution is 2.28. The number of nitrogens with zero attached hydrogens (tertiary/aromatic N) is 4. The number of anilines is 3. The normalized spacial score (nSPS) is 18.6. The molecule has 4 rings (SSSR count). The van der Waals surface area contributed by atoms with Crippen molar-refractivity contribution < 1.29 is 5.11 Å². The maximum atomic E-state index is 12.9. The topological polar surface area (TPSA) is 105 Å². The standard InChI is InChI=1S/C19H22N6O2.CH4/c1-2-25-9-6-12-10-15(23-16-11-20-7-8-21-16)24-18(17(12)19(25)27)22-13-4-3-5-14(13)26;/h6-11,13-14,26H,2-5H2,1H3,(H2,21,22,23,24);1H4/t13-,14+;/m0./s1. The average Bonchev–Trinajstić information content (AvgIpc) is 3.07. The summed E-state index contributed by atoms with van der Waals surface area (Å²) < 4.78 is 1.65. The maximum Gasteiger partial charge on any atom is 0.262 e. The van der Waals surface area contributed by atoms with Crippen molar-refractivity contribution in [2.24, 2.45) is 0 Å². The maximum absolute atomic E-state index is 12.9. The van der Waals surface area contributed by atoms with Gasteiger partial charge in [0.05, 0.1) is 23.7 Å². The molecule has 1 fully saturated rings. The molecule has 8 heteroatoms. The van der Waals surface area contributed by atoms with Gasteiger partial charge in [-0.15, -0.1) is 0 Å². The average molecular weight is 382 g/mol. The largest absolute Gasteiger partial charge is 0.391 e. The van der Waals surface area contributed by atoms with E-state index >= 15 is 0 Å². The first-order valence-electron chi connectivity index (χ1n) is 9.17. The van der Waals surface area contributed by atoms with Gasteiger partial charge in [-0.05, 0) is 43.7 Å². The van der Waals surface area contributed by atoms with Gasteiger partial charge in [-0.2, -0.15) is 0 Å². The molecule has 8 nitrogen and oxygen atoms in total. The van der Waals surface area contributed by atoms with Crippen molar-refractivity contribution in [2.75, 3.05) is 10.6 Å². The Labute approximate surface area is 163 Å². The second-order valence-corrected chi connectivity index (χ2v) is 6.69. The molecule has 1 saturated carbocycles. The Morgan fingerprint density at radius 1 is 1.29 bits per heavy atom. The lowest BCUT2D eigenvalue weighted by Gasteiger charge is -2.19. The number of aromatic nitrogens is 4. The minimum atomic E-state index is -0.435. The number of aryl methyl sites for hydroxylation is 1. The van der Waals surface area contributed by atoms with E-state index in [0.29, 0.717) is 29.4 Å². The highest BCUT2D eigenvalue weighted by Gasteiger charge is 2.26. The second kappa shape index (κ2) is 8.35. The summed E-state index contributed by atoms with van der Waals surface area (Å²) in [5.74, 6) is 1.61. The lowest BCUT2D eigenvalue weighted by Crippen LogP contribution is -2.30. The third kappa shape index (κ3) is 3.82. The first kappa shape index (κ1) is 19.8. The fourth-order valence-corrected chi connectivity index (χ4v) is 3.50. The molecule has 0 unspecified atom stereocenters. The zero-order valence-electron chi connectivity index (χ0n) is 15.1. The van der Waals surface area contributed by atoms with Gasteiger partial charge >= 0.3 is 0 Å². The Morgan fingerprint density at radius 3 is 2.82 bits per heavy atom. The van der Waals surface area contributed by atoms with Gasteiger partial charge in [-0.25, -0.2) is 9.97 Å². The molecule has 2 atom stereocenters. The predicted octanol–water partition coefficient (Wildman–Crippen LogP) is 2.91. The number of aliphatic hydroxyl groups is 1. The van der Waals surface area contributed by atoms with E-state index in [2.05, 4.69) is 25.6 Å². The van der Waals surface area contributed by atoms with E-state index in [-0.39, 0.29) is 19.0 Å². The molecule has 0 spiro atoms. The smallest absolute Gasteiger partial charge is 0.262 e. The van der Waals surface area contributed by atoms with Crippen molar-refractivity contribution in [1.82, 2.24) is 19.5 Å². The SMILES string of the molecule is C.CCn1ccc2cc(Nc3cnccn3)nc(N[C@H]3CCC[C@H]3O)c2c1=O. The quantitative estimate of drug-likeness (QED) is 0.623. The number of nitrogens with one attached hydrogen (secondary N) is 2. The van der Waals surface area contributed by atoms with Crippen molar-refractivity contribution in [3.8, 4) is 0 Å². The summed E-state index contributed by atoms with van der Waals surface area (Å²) in [7, 11) is 0. The summed E-state index contributed by atoms with van der Waals surface area (Å²) in [5, 5.41) is 17.9. The lowest BCUT2D eigenvalue weighted by molar-refractivity contribution is 0.171. The summed E-state index contributed by atoms with van der Waals surface area (Å²) in [6.07, 6.45) is 8.70. The van der Waals surface area contributed by atoms with Crippen LogP contribution in [0.1, 0.15) is 33.6 Å². The molecule has 0 aromatic carbocycles. The van der Waals surface area contributed by atoms with Crippen LogP contribution >= 0.6 is 0 Å². The Balaban J connectivity index is 0.00000225. The summed E-state index contributed by atoms with van der Waals surface area (Å²) in [6, 6.07) is 3.61. The number of fused-ring (bicyclic) bond motifs is 1. The molecule has 148 valence electrons. The van der Waals surface area contributed by atoms with E-state index < -0.39 is 6.10 Å². The van der Waals surface area contributed by atoms with Gasteiger partial charge in [0.25, 0.3) is 5.56 Å². The number of hydrogen-bond donors (Lipinski definition) is 3. The summed E-state index contributed by atoms with van der Waals surface area (Å²) >= 11 is 0. The third-order valence-electron chi connectivity index (χ3n) is 4.92. The number of hydrogen-bond acceptors (Lipinski definition) is 7. The van der Waals surface area contributed by atoms with E-state index in [1.165, 1.54) is 0 Å². The first-order valence-corrected chi connectivity index (χ1v) is 9.17. The minimum Gasteiger partial charge on any atom is -0.391 e. The van der Waals surface area contributed by atoms with Gasteiger partial charge in [-0.3, -0.25) is 9.78 Å². The number of rotatable bonds is 5. The van der Waals surface area contributed by atoms with Crippen LogP contribution in [0.3, 0.4) is 0 Å². The first-order chi connectivity index (χ1) is 13.2. The van der Waals surface area contributed by atoms with Crippen LogP contribution < -0.4 is 16.2 Å². The summed E-state index contributed by atoms with van der Waals surface area (Å²) in [4.78, 5) is 25.7. The number of pyridine rings is 2. The van der Waals surface area contributed by atoms with Crippen molar-refractivity contribution in [3.05, 3.63) is 47.3 Å². The van der Waals surface area contributed by atoms with E-state index in [0.717, 1.165) is 24.6 Å². The molecular weight excluding hydrogens is 356 g/mol. The van der Waals surface area contributed by atoms with Crippen LogP contribution in [0.4, 0.5) is 17.5 Å². The Kier molecular flexibility index (Phi) is 5.89. The molecule has 3 heterocycles. The van der Waals surface area contributed by atoms with Gasteiger partial charge in [0.15, 0.2) is 0 Å². The van der Waals surface area contributed by atoms with E-state index in [1.807, 2.05) is 19.1 Å². The molecule has 0 aliphatic heterocycles. The fraction of sp³-hybridized carbons (Fsp3) is 0.400. The summed E-state index contributed by atoms with van der Waals surface area (Å²) in [6.45, 7) is 2.51. The molecule has 3 aromatic rings. The fourth-order valence-electron chi connectivity index (χ4n) is 3.50. The van der Waals surface area contributed by atoms with Crippen molar-refractivity contribution in [3.63, 3.8) is 0 Å². The van der Waals surface area contributed by atoms with Crippen molar-refractivity contribution in [2.45, 2.75) is 52.3 Å². The van der Waals surface area contributed by atoms with Crippen LogP contribution in [0.25, 0.3) is 10.8 Å². The zero-order chi connectivity index (χ0) is 18.8. The van der Waals surface area contributed by atoms with Crippen LogP contribution in [0.15, 0.2) is 41.7 Å². The van der Waals surface area contributed by atoms with Gasteiger partial charge in [0, 0.05) is 25.1 Å². The van der Waals surface area contributed by atoms with Crippen molar-refractivity contribution >= 4 is 28.2 Å². The molecule has 0 saturated heterocycles. The minimum absolute atomic E-state index is 0. The molecule has 0 bridgehead atoms. The lowest BCUT2D eigenvalue weighted by atomic mass is 10.1.